The van der Waals surface area contributed by atoms with Crippen molar-refractivity contribution in [1.82, 2.24) is 14.8 Å². The average molecular weight is 546 g/mol. The molecule has 0 fully saturated rings. The molecule has 9 heteroatoms. The largest absolute Gasteiger partial charge is 0.508 e. The van der Waals surface area contributed by atoms with E-state index < -0.39 is 17.7 Å². The normalized spacial score (nSPS) is 14.7. The number of nitrogens with zero attached hydrogens (tertiary/aromatic N) is 2. The summed E-state index contributed by atoms with van der Waals surface area (Å²) in [7, 11) is 0. The van der Waals surface area contributed by atoms with Crippen LogP contribution in [0.2, 0.25) is 0 Å². The number of rotatable bonds is 5. The van der Waals surface area contributed by atoms with E-state index in [1.54, 1.807) is 35.2 Å². The molecule has 0 saturated heterocycles. The Morgan fingerprint density at radius 2 is 1.70 bits per heavy atom. The molecule has 0 atom stereocenters. The second-order valence-corrected chi connectivity index (χ2v) is 11.5. The summed E-state index contributed by atoms with van der Waals surface area (Å²) in [6.07, 6.45) is 2.80. The fourth-order valence-corrected chi connectivity index (χ4v) is 5.47. The molecule has 3 N–H and O–H groups in total. The van der Waals surface area contributed by atoms with E-state index in [1.165, 1.54) is 0 Å². The van der Waals surface area contributed by atoms with Gasteiger partial charge in [-0.15, -0.1) is 0 Å². The van der Waals surface area contributed by atoms with E-state index in [2.05, 4.69) is 9.88 Å². The quantitative estimate of drug-likeness (QED) is 0.409. The monoisotopic (exact) mass is 545 g/mol. The Bertz CT molecular complexity index is 1470. The first-order valence-electron chi connectivity index (χ1n) is 13.7. The second kappa shape index (κ2) is 10.7. The molecule has 40 heavy (non-hydrogen) atoms. The Kier molecular flexibility index (Phi) is 7.31. The highest BCUT2D eigenvalue weighted by atomic mass is 16.6. The Hall–Kier alpha value is -4.27. The van der Waals surface area contributed by atoms with Gasteiger partial charge in [-0.05, 0) is 93.5 Å². The number of aromatic carboxylic acids is 1. The number of carbonyl (C=O) groups excluding carboxylic acids is 2. The summed E-state index contributed by atoms with van der Waals surface area (Å²) in [6, 6.07) is 12.1. The van der Waals surface area contributed by atoms with E-state index in [1.807, 2.05) is 32.9 Å². The van der Waals surface area contributed by atoms with Gasteiger partial charge in [0.15, 0.2) is 0 Å². The zero-order valence-electron chi connectivity index (χ0n) is 23.1. The summed E-state index contributed by atoms with van der Waals surface area (Å²) in [5, 5.41) is 22.7. The molecular weight excluding hydrogens is 510 g/mol. The highest BCUT2D eigenvalue weighted by molar-refractivity contribution is 6.00. The van der Waals surface area contributed by atoms with Gasteiger partial charge in [-0.2, -0.15) is 0 Å². The van der Waals surface area contributed by atoms with Gasteiger partial charge in [0, 0.05) is 43.1 Å². The number of amides is 2. The van der Waals surface area contributed by atoms with Gasteiger partial charge in [0.05, 0.1) is 11.1 Å². The van der Waals surface area contributed by atoms with E-state index in [4.69, 9.17) is 4.74 Å². The number of benzene rings is 2. The van der Waals surface area contributed by atoms with Crippen molar-refractivity contribution in [3.8, 4) is 17.0 Å². The summed E-state index contributed by atoms with van der Waals surface area (Å²) in [5.41, 5.74) is 4.94. The highest BCUT2D eigenvalue weighted by Gasteiger charge is 2.30. The number of nitrogens with one attached hydrogen (secondary N) is 1. The van der Waals surface area contributed by atoms with Crippen molar-refractivity contribution in [2.75, 3.05) is 6.54 Å². The van der Waals surface area contributed by atoms with Crippen LogP contribution in [-0.2, 0) is 37.2 Å². The molecule has 2 aromatic carbocycles. The number of carboxylic acids is 1. The Labute approximate surface area is 233 Å². The lowest BCUT2D eigenvalue weighted by atomic mass is 9.92. The molecule has 0 unspecified atom stereocenters. The van der Waals surface area contributed by atoms with Gasteiger partial charge in [-0.1, -0.05) is 12.1 Å². The maximum Gasteiger partial charge on any atom is 0.410 e. The average Bonchev–Trinajstić information content (AvgIpc) is 3.30. The van der Waals surface area contributed by atoms with Gasteiger partial charge < -0.3 is 29.7 Å². The predicted octanol–water partition coefficient (Wildman–Crippen LogP) is 5.12. The van der Waals surface area contributed by atoms with E-state index >= 15 is 0 Å². The number of phenols is 1. The topological polar surface area (TPSA) is 121 Å². The molecule has 2 amide bonds. The standard InChI is InChI=1S/C31H35N3O6/c1-31(2,3)40-30(39)33-13-11-20-14-23(24(29(37)38)15-21(20)18-33)27-16-25(26-6-4-5-12-34(26)27)28(36)32-17-19-7-9-22(35)10-8-19/h7-10,14-16,35H,4-6,11-13,17-18H2,1-3H3,(H,32,36)(H,37,38). The van der Waals surface area contributed by atoms with Crippen molar-refractivity contribution in [2.45, 2.75) is 71.7 Å². The molecule has 2 aliphatic rings. The third-order valence-corrected chi connectivity index (χ3v) is 7.40. The third-order valence-electron chi connectivity index (χ3n) is 7.40. The fourth-order valence-electron chi connectivity index (χ4n) is 5.47. The lowest BCUT2D eigenvalue weighted by molar-refractivity contribution is 0.0224. The summed E-state index contributed by atoms with van der Waals surface area (Å²) in [6.45, 7) is 7.23. The summed E-state index contributed by atoms with van der Waals surface area (Å²) in [5.74, 6) is -1.11. The maximum atomic E-state index is 13.3. The molecule has 0 saturated carbocycles. The van der Waals surface area contributed by atoms with E-state index in [0.717, 1.165) is 47.3 Å². The number of carbonyl (C=O) groups is 3. The van der Waals surface area contributed by atoms with Crippen molar-refractivity contribution in [3.63, 3.8) is 0 Å². The minimum Gasteiger partial charge on any atom is -0.508 e. The van der Waals surface area contributed by atoms with Crippen LogP contribution in [0, 0.1) is 0 Å². The van der Waals surface area contributed by atoms with Crippen molar-refractivity contribution in [1.29, 1.82) is 0 Å². The number of ether oxygens (including phenoxy) is 1. The smallest absolute Gasteiger partial charge is 0.410 e. The van der Waals surface area contributed by atoms with Gasteiger partial charge in [0.2, 0.25) is 0 Å². The molecule has 0 radical (unpaired) electrons. The predicted molar refractivity (Wildman–Crippen MR) is 149 cm³/mol. The zero-order valence-corrected chi connectivity index (χ0v) is 23.1. The van der Waals surface area contributed by atoms with E-state index in [0.29, 0.717) is 37.2 Å². The van der Waals surface area contributed by atoms with Crippen LogP contribution >= 0.6 is 0 Å². The van der Waals surface area contributed by atoms with Crippen molar-refractivity contribution >= 4 is 18.0 Å². The fraction of sp³-hybridized carbons (Fsp3) is 0.387. The third kappa shape index (κ3) is 5.68. The number of fused-ring (bicyclic) bond motifs is 2. The van der Waals surface area contributed by atoms with Gasteiger partial charge in [-0.3, -0.25) is 4.79 Å². The lowest BCUT2D eigenvalue weighted by Gasteiger charge is -2.32. The van der Waals surface area contributed by atoms with Gasteiger partial charge in [-0.25, -0.2) is 9.59 Å². The highest BCUT2D eigenvalue weighted by Crippen LogP contribution is 2.35. The number of aromatic hydroxyl groups is 1. The van der Waals surface area contributed by atoms with Crippen molar-refractivity contribution < 1.29 is 29.3 Å². The first-order valence-corrected chi connectivity index (χ1v) is 13.7. The lowest BCUT2D eigenvalue weighted by Crippen LogP contribution is -2.40. The molecule has 3 heterocycles. The van der Waals surface area contributed by atoms with Gasteiger partial charge in [0.1, 0.15) is 11.4 Å². The molecular formula is C31H35N3O6. The maximum absolute atomic E-state index is 13.3. The number of phenolic OH excluding ortho intramolecular Hbond substituents is 1. The van der Waals surface area contributed by atoms with Gasteiger partial charge in [0.25, 0.3) is 5.91 Å². The van der Waals surface area contributed by atoms with Crippen LogP contribution in [0.4, 0.5) is 4.79 Å². The minimum absolute atomic E-state index is 0.145. The molecule has 9 nitrogen and oxygen atoms in total. The van der Waals surface area contributed by atoms with E-state index in [9.17, 15) is 24.6 Å². The van der Waals surface area contributed by atoms with Gasteiger partial charge >= 0.3 is 12.1 Å². The van der Waals surface area contributed by atoms with Crippen molar-refractivity contribution in [3.05, 3.63) is 76.0 Å². The molecule has 5 rings (SSSR count). The first kappa shape index (κ1) is 27.3. The van der Waals surface area contributed by atoms with Crippen LogP contribution in [0.1, 0.15) is 76.7 Å². The summed E-state index contributed by atoms with van der Waals surface area (Å²) >= 11 is 0. The van der Waals surface area contributed by atoms with Crippen LogP contribution in [0.15, 0.2) is 42.5 Å². The first-order chi connectivity index (χ1) is 19.0. The zero-order chi connectivity index (χ0) is 28.6. The SMILES string of the molecule is CC(C)(C)OC(=O)N1CCc2cc(-c3cc(C(=O)NCc4ccc(O)cc4)c4n3CCCC4)c(C(=O)O)cc2C1. The molecule has 2 aliphatic heterocycles. The molecule has 0 bridgehead atoms. The Morgan fingerprint density at radius 3 is 2.40 bits per heavy atom. The number of aromatic nitrogens is 1. The molecule has 0 aliphatic carbocycles. The number of hydrogen-bond donors (Lipinski definition) is 3. The minimum atomic E-state index is -1.06. The second-order valence-electron chi connectivity index (χ2n) is 11.5. The molecule has 3 aromatic rings. The molecule has 1 aromatic heterocycles. The Morgan fingerprint density at radius 1 is 0.950 bits per heavy atom. The van der Waals surface area contributed by atoms with E-state index in [-0.39, 0.29) is 23.8 Å². The molecule has 0 spiro atoms. The van der Waals surface area contributed by atoms with Crippen LogP contribution in [0.25, 0.3) is 11.3 Å². The van der Waals surface area contributed by atoms with Crippen LogP contribution in [0.5, 0.6) is 5.75 Å². The van der Waals surface area contributed by atoms with Crippen LogP contribution < -0.4 is 5.32 Å². The van der Waals surface area contributed by atoms with Crippen molar-refractivity contribution in [2.24, 2.45) is 0 Å². The summed E-state index contributed by atoms with van der Waals surface area (Å²) in [4.78, 5) is 40.0. The Balaban J connectivity index is 1.47. The number of hydrogen-bond acceptors (Lipinski definition) is 5. The van der Waals surface area contributed by atoms with Crippen LogP contribution in [-0.4, -0.2) is 49.8 Å². The molecule has 210 valence electrons. The number of carboxylic acid groups (broad SMARTS) is 1. The van der Waals surface area contributed by atoms with Crippen LogP contribution in [0.3, 0.4) is 0 Å². The summed E-state index contributed by atoms with van der Waals surface area (Å²) < 4.78 is 7.61.